The molecule has 0 saturated carbocycles. The van der Waals surface area contributed by atoms with Crippen molar-refractivity contribution in [3.8, 4) is 0 Å². The van der Waals surface area contributed by atoms with Gasteiger partial charge in [-0.1, -0.05) is 62.8 Å². The van der Waals surface area contributed by atoms with Crippen molar-refractivity contribution in [1.29, 1.82) is 0 Å². The number of aromatic carboxylic acids is 1. The minimum Gasteiger partial charge on any atom is -0.478 e. The fraction of sp³-hybridized carbons (Fsp3) is 0.312. The number of hydrogen-bond acceptors (Lipinski definition) is 1. The van der Waals surface area contributed by atoms with Crippen LogP contribution in [0.15, 0.2) is 54.6 Å². The van der Waals surface area contributed by atoms with Gasteiger partial charge in [-0.3, -0.25) is 0 Å². The Morgan fingerprint density at radius 2 is 1.72 bits per heavy atom. The van der Waals surface area contributed by atoms with Crippen LogP contribution in [0.3, 0.4) is 0 Å². The van der Waals surface area contributed by atoms with Gasteiger partial charge >= 0.3 is 5.97 Å². The third-order valence-corrected chi connectivity index (χ3v) is 2.10. The van der Waals surface area contributed by atoms with Crippen molar-refractivity contribution in [2.75, 3.05) is 0 Å². The predicted octanol–water partition coefficient (Wildman–Crippen LogP) is 4.69. The lowest BCUT2D eigenvalue weighted by Gasteiger charge is -1.88. The van der Waals surface area contributed by atoms with Crippen LogP contribution in [0.1, 0.15) is 43.5 Å². The first-order valence-corrected chi connectivity index (χ1v) is 6.32. The number of benzene rings is 1. The fourth-order valence-corrected chi connectivity index (χ4v) is 1.14. The van der Waals surface area contributed by atoms with Crippen LogP contribution in [0.25, 0.3) is 0 Å². The SMILES string of the molecule is CCC=CC=CCCC.O=C(O)c1ccccc1. The lowest BCUT2D eigenvalue weighted by Crippen LogP contribution is -1.93. The van der Waals surface area contributed by atoms with E-state index in [-0.39, 0.29) is 0 Å². The summed E-state index contributed by atoms with van der Waals surface area (Å²) in [5.74, 6) is -0.879. The van der Waals surface area contributed by atoms with Crippen LogP contribution < -0.4 is 0 Å². The minimum absolute atomic E-state index is 0.331. The fourth-order valence-electron chi connectivity index (χ4n) is 1.14. The molecule has 2 heteroatoms. The number of carboxylic acids is 1. The normalized spacial score (nSPS) is 10.3. The Labute approximate surface area is 110 Å². The van der Waals surface area contributed by atoms with Crippen LogP contribution in [0.5, 0.6) is 0 Å². The van der Waals surface area contributed by atoms with Crippen LogP contribution in [-0.4, -0.2) is 11.1 Å². The summed E-state index contributed by atoms with van der Waals surface area (Å²) in [6.07, 6.45) is 12.2. The number of unbranched alkanes of at least 4 members (excludes halogenated alkanes) is 1. The Bertz CT molecular complexity index is 364. The van der Waals surface area contributed by atoms with Crippen molar-refractivity contribution < 1.29 is 9.90 Å². The number of hydrogen-bond donors (Lipinski definition) is 1. The zero-order valence-electron chi connectivity index (χ0n) is 11.2. The Morgan fingerprint density at radius 3 is 2.17 bits per heavy atom. The Morgan fingerprint density at radius 1 is 1.11 bits per heavy atom. The second-order valence-corrected chi connectivity index (χ2v) is 3.72. The van der Waals surface area contributed by atoms with E-state index < -0.39 is 5.97 Å². The van der Waals surface area contributed by atoms with Crippen LogP contribution in [-0.2, 0) is 0 Å². The van der Waals surface area contributed by atoms with Gasteiger partial charge in [-0.15, -0.1) is 0 Å². The molecule has 0 fully saturated rings. The molecular weight excluding hydrogens is 224 g/mol. The van der Waals surface area contributed by atoms with Crippen molar-refractivity contribution in [3.63, 3.8) is 0 Å². The molecule has 1 aromatic rings. The van der Waals surface area contributed by atoms with Crippen molar-refractivity contribution >= 4 is 5.97 Å². The van der Waals surface area contributed by atoms with Crippen molar-refractivity contribution in [2.45, 2.75) is 33.1 Å². The van der Waals surface area contributed by atoms with Crippen molar-refractivity contribution in [2.24, 2.45) is 0 Å². The second kappa shape index (κ2) is 11.6. The van der Waals surface area contributed by atoms with Gasteiger partial charge in [-0.05, 0) is 25.0 Å². The third kappa shape index (κ3) is 9.40. The van der Waals surface area contributed by atoms with E-state index in [2.05, 4.69) is 38.2 Å². The summed E-state index contributed by atoms with van der Waals surface area (Å²) in [7, 11) is 0. The van der Waals surface area contributed by atoms with Gasteiger partial charge in [-0.2, -0.15) is 0 Å². The highest BCUT2D eigenvalue weighted by Crippen LogP contribution is 1.96. The van der Waals surface area contributed by atoms with E-state index in [4.69, 9.17) is 5.11 Å². The summed E-state index contributed by atoms with van der Waals surface area (Å²) in [6.45, 7) is 4.33. The van der Waals surface area contributed by atoms with Gasteiger partial charge in [-0.25, -0.2) is 4.79 Å². The maximum atomic E-state index is 10.2. The summed E-state index contributed by atoms with van der Waals surface area (Å²) < 4.78 is 0. The summed E-state index contributed by atoms with van der Waals surface area (Å²) in [4.78, 5) is 10.2. The largest absolute Gasteiger partial charge is 0.478 e. The summed E-state index contributed by atoms with van der Waals surface area (Å²) in [5.41, 5.74) is 0.331. The highest BCUT2D eigenvalue weighted by molar-refractivity contribution is 5.87. The monoisotopic (exact) mass is 246 g/mol. The molecule has 2 nitrogen and oxygen atoms in total. The molecule has 0 aliphatic rings. The number of carboxylic acid groups (broad SMARTS) is 1. The van der Waals surface area contributed by atoms with E-state index in [9.17, 15) is 4.79 Å². The van der Waals surface area contributed by atoms with Gasteiger partial charge in [0.25, 0.3) is 0 Å². The number of rotatable bonds is 5. The van der Waals surface area contributed by atoms with Gasteiger partial charge in [0.05, 0.1) is 5.56 Å². The standard InChI is InChI=1S/C9H16.C7H6O2/c1-3-5-7-9-8-6-4-2;8-7(9)6-4-2-1-3-5-6/h5,7-9H,3-4,6H2,1-2H3;1-5H,(H,8,9). The Hall–Kier alpha value is -1.83. The second-order valence-electron chi connectivity index (χ2n) is 3.72. The molecule has 0 atom stereocenters. The molecule has 1 N–H and O–H groups in total. The Balaban J connectivity index is 0.000000321. The van der Waals surface area contributed by atoms with E-state index in [1.54, 1.807) is 30.3 Å². The molecule has 0 spiro atoms. The first kappa shape index (κ1) is 16.2. The predicted molar refractivity (Wildman–Crippen MR) is 76.9 cm³/mol. The molecule has 1 aromatic carbocycles. The topological polar surface area (TPSA) is 37.3 Å². The first-order chi connectivity index (χ1) is 8.72. The zero-order chi connectivity index (χ0) is 13.6. The molecule has 0 heterocycles. The molecule has 1 rings (SSSR count). The molecule has 0 unspecified atom stereocenters. The van der Waals surface area contributed by atoms with E-state index >= 15 is 0 Å². The summed E-state index contributed by atoms with van der Waals surface area (Å²) in [5, 5.41) is 8.38. The van der Waals surface area contributed by atoms with E-state index in [1.165, 1.54) is 12.8 Å². The molecule has 0 aromatic heterocycles. The molecule has 0 aliphatic carbocycles. The van der Waals surface area contributed by atoms with Gasteiger partial charge in [0, 0.05) is 0 Å². The van der Waals surface area contributed by atoms with E-state index in [1.807, 2.05) is 0 Å². The number of carbonyl (C=O) groups is 1. The summed E-state index contributed by atoms with van der Waals surface area (Å²) >= 11 is 0. The van der Waals surface area contributed by atoms with E-state index in [0.29, 0.717) is 5.56 Å². The lowest BCUT2D eigenvalue weighted by molar-refractivity contribution is 0.0697. The maximum Gasteiger partial charge on any atom is 0.335 e. The maximum absolute atomic E-state index is 10.2. The van der Waals surface area contributed by atoms with Gasteiger partial charge in [0.1, 0.15) is 0 Å². The average Bonchev–Trinajstić information content (AvgIpc) is 2.40. The average molecular weight is 246 g/mol. The smallest absolute Gasteiger partial charge is 0.335 e. The Kier molecular flexibility index (Phi) is 10.5. The van der Waals surface area contributed by atoms with Crippen LogP contribution >= 0.6 is 0 Å². The molecule has 98 valence electrons. The van der Waals surface area contributed by atoms with Gasteiger partial charge in [0.15, 0.2) is 0 Å². The lowest BCUT2D eigenvalue weighted by atomic mass is 10.2. The molecule has 0 amide bonds. The van der Waals surface area contributed by atoms with Gasteiger partial charge < -0.3 is 5.11 Å². The first-order valence-electron chi connectivity index (χ1n) is 6.32. The third-order valence-electron chi connectivity index (χ3n) is 2.10. The molecule has 18 heavy (non-hydrogen) atoms. The molecule has 0 bridgehead atoms. The zero-order valence-corrected chi connectivity index (χ0v) is 11.2. The van der Waals surface area contributed by atoms with Crippen LogP contribution in [0.4, 0.5) is 0 Å². The van der Waals surface area contributed by atoms with Crippen molar-refractivity contribution in [3.05, 3.63) is 60.2 Å². The molecular formula is C16H22O2. The quantitative estimate of drug-likeness (QED) is 0.765. The van der Waals surface area contributed by atoms with E-state index in [0.717, 1.165) is 6.42 Å². The minimum atomic E-state index is -0.879. The van der Waals surface area contributed by atoms with Gasteiger partial charge in [0.2, 0.25) is 0 Å². The van der Waals surface area contributed by atoms with Crippen LogP contribution in [0.2, 0.25) is 0 Å². The highest BCUT2D eigenvalue weighted by Gasteiger charge is 1.96. The van der Waals surface area contributed by atoms with Crippen molar-refractivity contribution in [1.82, 2.24) is 0 Å². The molecule has 0 aliphatic heterocycles. The van der Waals surface area contributed by atoms with Crippen LogP contribution in [0, 0.1) is 0 Å². The highest BCUT2D eigenvalue weighted by atomic mass is 16.4. The summed E-state index contributed by atoms with van der Waals surface area (Å²) in [6, 6.07) is 8.30. The molecule has 0 radical (unpaired) electrons. The number of allylic oxidation sites excluding steroid dienone is 4. The molecule has 0 saturated heterocycles.